The van der Waals surface area contributed by atoms with Gasteiger partial charge in [0.05, 0.1) is 0 Å². The number of aliphatic hydroxyl groups excluding tert-OH is 1. The van der Waals surface area contributed by atoms with Crippen molar-refractivity contribution in [1.29, 1.82) is 0 Å². The number of aromatic nitrogens is 2. The van der Waals surface area contributed by atoms with E-state index in [-0.39, 0.29) is 6.54 Å². The summed E-state index contributed by atoms with van der Waals surface area (Å²) in [6.07, 6.45) is -2.85. The summed E-state index contributed by atoms with van der Waals surface area (Å²) in [5.41, 5.74) is -0.395. The highest BCUT2D eigenvalue weighted by molar-refractivity contribution is 5.01. The van der Waals surface area contributed by atoms with E-state index >= 15 is 0 Å². The molecule has 0 spiro atoms. The van der Waals surface area contributed by atoms with Gasteiger partial charge in [-0.15, -0.1) is 0 Å². The number of hydrogen-bond acceptors (Lipinski definition) is 5. The first kappa shape index (κ1) is 16.0. The van der Waals surface area contributed by atoms with Crippen LogP contribution in [-0.2, 0) is 4.74 Å². The van der Waals surface area contributed by atoms with Crippen molar-refractivity contribution in [2.45, 2.75) is 44.6 Å². The lowest BCUT2D eigenvalue weighted by molar-refractivity contribution is -0.140. The number of halogens is 2. The predicted molar refractivity (Wildman–Crippen MR) is 71.3 cm³/mol. The molecule has 0 aromatic carbocycles. The third-order valence-corrected chi connectivity index (χ3v) is 3.37. The smallest absolute Gasteiger partial charge is 0.350 e. The zero-order valence-electron chi connectivity index (χ0n) is 11.9. The Balaban J connectivity index is 2.21. The Labute approximate surface area is 120 Å². The highest BCUT2D eigenvalue weighted by Gasteiger charge is 2.59. The summed E-state index contributed by atoms with van der Waals surface area (Å²) in [5, 5.41) is 12.7. The maximum atomic E-state index is 14.1. The van der Waals surface area contributed by atoms with Gasteiger partial charge < -0.3 is 15.2 Å². The standard InChI is InChI=1S/C13H19F2N3O3/c1-3-5-16-7-9-10(19)13(14,15)11(21-9)18-6-4-8(2)17-12(18)20/h4,6,9-11,16,19H,3,5,7H2,1-2H3/t9?,10-,11?/m1/s1. The number of nitrogens with one attached hydrogen (secondary N) is 1. The first-order valence-corrected chi connectivity index (χ1v) is 6.85. The fraction of sp³-hybridized carbons (Fsp3) is 0.692. The monoisotopic (exact) mass is 303 g/mol. The van der Waals surface area contributed by atoms with E-state index in [1.54, 1.807) is 6.92 Å². The van der Waals surface area contributed by atoms with Gasteiger partial charge in [0.25, 0.3) is 0 Å². The highest BCUT2D eigenvalue weighted by Crippen LogP contribution is 2.41. The molecule has 8 heteroatoms. The Kier molecular flexibility index (Phi) is 4.70. The van der Waals surface area contributed by atoms with Crippen molar-refractivity contribution in [1.82, 2.24) is 14.9 Å². The van der Waals surface area contributed by atoms with Crippen molar-refractivity contribution in [3.8, 4) is 0 Å². The van der Waals surface area contributed by atoms with Crippen LogP contribution in [0.5, 0.6) is 0 Å². The molecule has 1 aromatic rings. The average Bonchev–Trinajstić information content (AvgIpc) is 2.63. The number of hydrogen-bond donors (Lipinski definition) is 2. The summed E-state index contributed by atoms with van der Waals surface area (Å²) in [6, 6.07) is 1.44. The van der Waals surface area contributed by atoms with Crippen LogP contribution in [0, 0.1) is 6.92 Å². The Morgan fingerprint density at radius 1 is 1.57 bits per heavy atom. The van der Waals surface area contributed by atoms with Gasteiger partial charge in [-0.3, -0.25) is 4.57 Å². The minimum atomic E-state index is -3.56. The molecule has 2 N–H and O–H groups in total. The summed E-state index contributed by atoms with van der Waals surface area (Å²) in [5.74, 6) is -3.56. The molecule has 2 unspecified atom stereocenters. The topological polar surface area (TPSA) is 76.4 Å². The lowest BCUT2D eigenvalue weighted by Gasteiger charge is -2.20. The molecule has 21 heavy (non-hydrogen) atoms. The summed E-state index contributed by atoms with van der Waals surface area (Å²) in [6.45, 7) is 4.25. The average molecular weight is 303 g/mol. The number of rotatable bonds is 5. The second-order valence-corrected chi connectivity index (χ2v) is 5.11. The third-order valence-electron chi connectivity index (χ3n) is 3.37. The van der Waals surface area contributed by atoms with E-state index in [1.807, 2.05) is 6.92 Å². The van der Waals surface area contributed by atoms with E-state index in [0.717, 1.165) is 11.0 Å². The molecule has 3 atom stereocenters. The SMILES string of the molecule is CCCNCC1OC(n2ccc(C)nc2=O)C(F)(F)[C@@H]1O. The molecule has 0 amide bonds. The lowest BCUT2D eigenvalue weighted by Crippen LogP contribution is -2.43. The molecule has 1 saturated heterocycles. The minimum absolute atomic E-state index is 0.0924. The molecule has 0 bridgehead atoms. The maximum absolute atomic E-state index is 14.1. The number of aliphatic hydroxyl groups is 1. The first-order valence-electron chi connectivity index (χ1n) is 6.85. The van der Waals surface area contributed by atoms with Gasteiger partial charge in [0.2, 0.25) is 6.23 Å². The largest absolute Gasteiger partial charge is 0.384 e. The van der Waals surface area contributed by atoms with Crippen LogP contribution in [0.1, 0.15) is 25.3 Å². The van der Waals surface area contributed by atoms with Gasteiger partial charge in [-0.2, -0.15) is 13.8 Å². The van der Waals surface area contributed by atoms with E-state index < -0.39 is 30.0 Å². The fourth-order valence-corrected chi connectivity index (χ4v) is 2.23. The van der Waals surface area contributed by atoms with Crippen molar-refractivity contribution < 1.29 is 18.6 Å². The Morgan fingerprint density at radius 2 is 2.29 bits per heavy atom. The predicted octanol–water partition coefficient (Wildman–Crippen LogP) is 0.445. The second kappa shape index (κ2) is 6.17. The van der Waals surface area contributed by atoms with Crippen LogP contribution >= 0.6 is 0 Å². The van der Waals surface area contributed by atoms with Crippen molar-refractivity contribution in [3.63, 3.8) is 0 Å². The van der Waals surface area contributed by atoms with Crippen molar-refractivity contribution in [2.75, 3.05) is 13.1 Å². The molecule has 1 aromatic heterocycles. The van der Waals surface area contributed by atoms with E-state index in [2.05, 4.69) is 10.3 Å². The summed E-state index contributed by atoms with van der Waals surface area (Å²) >= 11 is 0. The van der Waals surface area contributed by atoms with Gasteiger partial charge in [-0.1, -0.05) is 6.92 Å². The van der Waals surface area contributed by atoms with E-state index in [0.29, 0.717) is 12.2 Å². The van der Waals surface area contributed by atoms with Crippen LogP contribution in [0.15, 0.2) is 17.1 Å². The minimum Gasteiger partial charge on any atom is -0.384 e. The maximum Gasteiger partial charge on any atom is 0.350 e. The summed E-state index contributed by atoms with van der Waals surface area (Å²) in [7, 11) is 0. The molecule has 6 nitrogen and oxygen atoms in total. The van der Waals surface area contributed by atoms with Crippen LogP contribution in [0.4, 0.5) is 8.78 Å². The Hall–Kier alpha value is -1.38. The Morgan fingerprint density at radius 3 is 2.90 bits per heavy atom. The highest BCUT2D eigenvalue weighted by atomic mass is 19.3. The van der Waals surface area contributed by atoms with E-state index in [9.17, 15) is 18.7 Å². The molecule has 0 radical (unpaired) electrons. The van der Waals surface area contributed by atoms with Crippen molar-refractivity contribution >= 4 is 0 Å². The van der Waals surface area contributed by atoms with Gasteiger partial charge in [0.15, 0.2) is 0 Å². The Bertz CT molecular complexity index is 550. The zero-order valence-corrected chi connectivity index (χ0v) is 11.9. The normalized spacial score (nSPS) is 28.0. The van der Waals surface area contributed by atoms with Gasteiger partial charge in [-0.05, 0) is 26.0 Å². The van der Waals surface area contributed by atoms with Crippen LogP contribution in [-0.4, -0.2) is 45.9 Å². The van der Waals surface area contributed by atoms with Gasteiger partial charge >= 0.3 is 11.6 Å². The molecule has 2 rings (SSSR count). The number of aryl methyl sites for hydroxylation is 1. The van der Waals surface area contributed by atoms with Gasteiger partial charge in [0.1, 0.15) is 12.2 Å². The van der Waals surface area contributed by atoms with E-state index in [1.165, 1.54) is 12.3 Å². The number of nitrogens with zero attached hydrogens (tertiary/aromatic N) is 2. The van der Waals surface area contributed by atoms with Crippen molar-refractivity contribution in [3.05, 3.63) is 28.4 Å². The fourth-order valence-electron chi connectivity index (χ4n) is 2.23. The first-order chi connectivity index (χ1) is 9.87. The van der Waals surface area contributed by atoms with Gasteiger partial charge in [-0.25, -0.2) is 4.79 Å². The second-order valence-electron chi connectivity index (χ2n) is 5.11. The van der Waals surface area contributed by atoms with Crippen LogP contribution < -0.4 is 11.0 Å². The molecular formula is C13H19F2N3O3. The quantitative estimate of drug-likeness (QED) is 0.772. The summed E-state index contributed by atoms with van der Waals surface area (Å²) < 4.78 is 34.2. The molecule has 1 aliphatic rings. The molecule has 0 aliphatic carbocycles. The lowest BCUT2D eigenvalue weighted by atomic mass is 10.1. The van der Waals surface area contributed by atoms with Crippen LogP contribution in [0.3, 0.4) is 0 Å². The van der Waals surface area contributed by atoms with Crippen molar-refractivity contribution in [2.24, 2.45) is 0 Å². The molecular weight excluding hydrogens is 284 g/mol. The molecule has 1 aliphatic heterocycles. The van der Waals surface area contributed by atoms with Crippen LogP contribution in [0.25, 0.3) is 0 Å². The van der Waals surface area contributed by atoms with Gasteiger partial charge in [0, 0.05) is 18.4 Å². The number of ether oxygens (including phenoxy) is 1. The zero-order chi connectivity index (χ0) is 15.6. The van der Waals surface area contributed by atoms with E-state index in [4.69, 9.17) is 4.74 Å². The van der Waals surface area contributed by atoms with Crippen LogP contribution in [0.2, 0.25) is 0 Å². The number of alkyl halides is 2. The molecule has 0 saturated carbocycles. The third kappa shape index (κ3) is 3.12. The molecule has 1 fully saturated rings. The molecule has 2 heterocycles. The summed E-state index contributed by atoms with van der Waals surface area (Å²) in [4.78, 5) is 15.3. The molecule has 118 valence electrons.